The monoisotopic (exact) mass is 318 g/mol. The maximum atomic E-state index is 11.8. The zero-order valence-corrected chi connectivity index (χ0v) is 12.7. The maximum absolute atomic E-state index is 11.8. The number of ether oxygens (including phenoxy) is 2. The molecule has 0 saturated heterocycles. The molecule has 0 spiro atoms. The summed E-state index contributed by atoms with van der Waals surface area (Å²) in [6, 6.07) is 0. The predicted octanol–water partition coefficient (Wildman–Crippen LogP) is 0.911. The van der Waals surface area contributed by atoms with Crippen LogP contribution in [0.3, 0.4) is 0 Å². The minimum atomic E-state index is -0.997. The van der Waals surface area contributed by atoms with Crippen LogP contribution >= 0.6 is 12.6 Å². The second kappa shape index (κ2) is 5.56. The molecule has 1 aliphatic rings. The van der Waals surface area contributed by atoms with Crippen molar-refractivity contribution in [1.82, 2.24) is 0 Å². The Morgan fingerprint density at radius 2 is 2.50 bits per heavy atom. The Kier molecular flexibility index (Phi) is 5.00. The van der Waals surface area contributed by atoms with E-state index in [-0.39, 0.29) is 15.2 Å². The zero-order chi connectivity index (χ0) is 10.6. The van der Waals surface area contributed by atoms with Gasteiger partial charge in [0.2, 0.25) is 0 Å². The van der Waals surface area contributed by atoms with Crippen LogP contribution in [0.5, 0.6) is 0 Å². The van der Waals surface area contributed by atoms with Crippen molar-refractivity contribution in [3.8, 4) is 0 Å². The van der Waals surface area contributed by atoms with E-state index in [4.69, 9.17) is 9.47 Å². The fraction of sp³-hybridized carbons (Fsp3) is 0.778. The van der Waals surface area contributed by atoms with Crippen LogP contribution in [-0.2, 0) is 14.3 Å². The van der Waals surface area contributed by atoms with Crippen molar-refractivity contribution >= 4 is 44.8 Å². The van der Waals surface area contributed by atoms with Crippen LogP contribution in [0.2, 0.25) is 3.17 Å². The number of hydrogen-bond donors (Lipinski definition) is 1. The second-order valence-electron chi connectivity index (χ2n) is 3.43. The van der Waals surface area contributed by atoms with Crippen molar-refractivity contribution < 1.29 is 14.3 Å². The average Bonchev–Trinajstić information content (AvgIpc) is 2.51. The van der Waals surface area contributed by atoms with E-state index in [0.29, 0.717) is 12.5 Å². The molecule has 0 aromatic carbocycles. The molecule has 0 radical (unpaired) electrons. The molecule has 5 heteroatoms. The number of hydrogen-bond acceptors (Lipinski definition) is 4. The summed E-state index contributed by atoms with van der Waals surface area (Å²) in [7, 11) is 0. The molecule has 2 unspecified atom stereocenters. The Labute approximate surface area is 101 Å². The molecule has 0 N–H and O–H groups in total. The third kappa shape index (κ3) is 2.55. The number of carbonyl (C=O) groups is 1. The summed E-state index contributed by atoms with van der Waals surface area (Å²) >= 11 is 3.03. The quantitative estimate of drug-likeness (QED) is 0.475. The number of carbonyl (C=O) groups excluding carboxylic acids is 1. The number of thiol groups is 1. The first-order valence-corrected chi connectivity index (χ1v) is 8.90. The van der Waals surface area contributed by atoms with Crippen LogP contribution in [-0.4, -0.2) is 50.8 Å². The van der Waals surface area contributed by atoms with Gasteiger partial charge in [0.25, 0.3) is 0 Å². The average molecular weight is 318 g/mol. The van der Waals surface area contributed by atoms with Gasteiger partial charge >= 0.3 is 101 Å². The molecule has 0 bridgehead atoms. The molecule has 0 saturated carbocycles. The van der Waals surface area contributed by atoms with Crippen LogP contribution in [0.15, 0.2) is 0 Å². The molecule has 78 valence electrons. The van der Waals surface area contributed by atoms with Gasteiger partial charge in [0, 0.05) is 0 Å². The third-order valence-electron chi connectivity index (χ3n) is 2.47. The Morgan fingerprint density at radius 3 is 3.07 bits per heavy atom. The van der Waals surface area contributed by atoms with Gasteiger partial charge in [-0.25, -0.2) is 0 Å². The molecule has 14 heavy (non-hydrogen) atoms. The van der Waals surface area contributed by atoms with Crippen LogP contribution in [0, 0.1) is 0 Å². The van der Waals surface area contributed by atoms with E-state index in [2.05, 4.69) is 16.4 Å². The molecular weight excluding hydrogens is 303 g/mol. The summed E-state index contributed by atoms with van der Waals surface area (Å²) in [5, 5.41) is 0. The standard InChI is InChI=1S/C9H15O3S.In/c1-4-8(12-6-13)7(3)9(10)11-5-2;/h1,8,13H,4-6H2,2-3H3;. The van der Waals surface area contributed by atoms with Crippen molar-refractivity contribution in [2.75, 3.05) is 12.5 Å². The number of rotatable bonds is 4. The molecule has 0 aromatic heterocycles. The van der Waals surface area contributed by atoms with Crippen LogP contribution in [0.4, 0.5) is 0 Å². The van der Waals surface area contributed by atoms with Crippen LogP contribution < -0.4 is 0 Å². The van der Waals surface area contributed by atoms with Crippen molar-refractivity contribution in [1.29, 1.82) is 0 Å². The van der Waals surface area contributed by atoms with Gasteiger partial charge in [-0.2, -0.15) is 0 Å². The molecule has 3 nitrogen and oxygen atoms in total. The fourth-order valence-electron chi connectivity index (χ4n) is 1.61. The molecule has 0 aliphatic carbocycles. The summed E-state index contributed by atoms with van der Waals surface area (Å²) in [6.07, 6.45) is 0.886. The van der Waals surface area contributed by atoms with Gasteiger partial charge in [-0.3, -0.25) is 0 Å². The third-order valence-corrected chi connectivity index (χ3v) is 7.78. The van der Waals surface area contributed by atoms with E-state index >= 15 is 0 Å². The molecular formula is C9H15InO3S. The second-order valence-corrected chi connectivity index (χ2v) is 9.40. The van der Waals surface area contributed by atoms with Crippen LogP contribution in [0.25, 0.3) is 0 Å². The molecule has 1 rings (SSSR count). The van der Waals surface area contributed by atoms with Gasteiger partial charge in [0.05, 0.1) is 0 Å². The fourth-order valence-corrected chi connectivity index (χ4v) is 6.18. The SMILES string of the molecule is CCOC(=O)[C]1(C)[In]=[CH]CC1OCS. The van der Waals surface area contributed by atoms with Gasteiger partial charge in [-0.1, -0.05) is 0 Å². The van der Waals surface area contributed by atoms with Gasteiger partial charge < -0.3 is 0 Å². The van der Waals surface area contributed by atoms with Gasteiger partial charge in [-0.05, 0) is 0 Å². The molecule has 2 atom stereocenters. The number of esters is 1. The first-order chi connectivity index (χ1) is 6.65. The first kappa shape index (κ1) is 12.6. The topological polar surface area (TPSA) is 35.5 Å². The summed E-state index contributed by atoms with van der Waals surface area (Å²) in [5.41, 5.74) is 0. The normalized spacial score (nSPS) is 30.1. The molecule has 0 fully saturated rings. The zero-order valence-electron chi connectivity index (χ0n) is 8.53. The summed E-state index contributed by atoms with van der Waals surface area (Å²) in [4.78, 5) is 11.8. The van der Waals surface area contributed by atoms with E-state index in [1.807, 2.05) is 13.8 Å². The van der Waals surface area contributed by atoms with Crippen molar-refractivity contribution in [2.24, 2.45) is 0 Å². The van der Waals surface area contributed by atoms with Gasteiger partial charge in [0.15, 0.2) is 0 Å². The predicted molar refractivity (Wildman–Crippen MR) is 60.2 cm³/mol. The summed E-state index contributed by atoms with van der Waals surface area (Å²) < 4.78 is 12.5. The van der Waals surface area contributed by atoms with Crippen LogP contribution in [0.1, 0.15) is 20.3 Å². The molecule has 1 heterocycles. The Balaban J connectivity index is 2.69. The van der Waals surface area contributed by atoms with E-state index in [0.717, 1.165) is 6.42 Å². The minimum absolute atomic E-state index is 0.000231. The van der Waals surface area contributed by atoms with E-state index < -0.39 is 22.4 Å². The summed E-state index contributed by atoms with van der Waals surface area (Å²) in [6.45, 7) is 4.26. The Bertz CT molecular complexity index is 244. The van der Waals surface area contributed by atoms with Gasteiger partial charge in [0.1, 0.15) is 0 Å². The molecule has 0 aromatic rings. The Morgan fingerprint density at radius 1 is 1.79 bits per heavy atom. The van der Waals surface area contributed by atoms with E-state index in [1.54, 1.807) is 0 Å². The van der Waals surface area contributed by atoms with Crippen molar-refractivity contribution in [3.05, 3.63) is 0 Å². The van der Waals surface area contributed by atoms with Crippen molar-refractivity contribution in [3.63, 3.8) is 0 Å². The van der Waals surface area contributed by atoms with Gasteiger partial charge in [-0.15, -0.1) is 0 Å². The summed E-state index contributed by atoms with van der Waals surface area (Å²) in [5.74, 6) is 0.289. The first-order valence-electron chi connectivity index (χ1n) is 4.72. The van der Waals surface area contributed by atoms with E-state index in [9.17, 15) is 4.79 Å². The van der Waals surface area contributed by atoms with E-state index in [1.165, 1.54) is 0 Å². The Hall–Kier alpha value is 0.520. The molecule has 1 aliphatic heterocycles. The van der Waals surface area contributed by atoms with Crippen molar-refractivity contribution in [2.45, 2.75) is 29.5 Å². The molecule has 0 amide bonds.